The fourth-order valence-corrected chi connectivity index (χ4v) is 3.35. The number of sulfone groups is 1. The topological polar surface area (TPSA) is 115 Å². The molecule has 0 atom stereocenters. The smallest absolute Gasteiger partial charge is 0.248 e. The van der Waals surface area contributed by atoms with Gasteiger partial charge in [-0.05, 0) is 42.3 Å². The first-order chi connectivity index (χ1) is 10.8. The molecule has 0 radical (unpaired) electrons. The maximum Gasteiger partial charge on any atom is 0.248 e. The lowest BCUT2D eigenvalue weighted by Gasteiger charge is -2.07. The summed E-state index contributed by atoms with van der Waals surface area (Å²) in [7, 11) is -3.60. The number of rotatable bonds is 6. The second-order valence-electron chi connectivity index (χ2n) is 4.97. The second-order valence-corrected chi connectivity index (χ2v) is 7.08. The molecule has 0 spiro atoms. The number of aldehydes is 1. The third-order valence-corrected chi connectivity index (χ3v) is 5.10. The number of benzene rings is 2. The third-order valence-electron chi connectivity index (χ3n) is 3.38. The van der Waals surface area contributed by atoms with Crippen molar-refractivity contribution < 1.29 is 23.1 Å². The molecular weight excluding hydrogens is 318 g/mol. The first-order valence-electron chi connectivity index (χ1n) is 6.73. The second kappa shape index (κ2) is 6.62. The summed E-state index contributed by atoms with van der Waals surface area (Å²) in [6, 6.07) is 9.94. The van der Waals surface area contributed by atoms with Crippen molar-refractivity contribution >= 4 is 22.0 Å². The highest BCUT2D eigenvalue weighted by Gasteiger charge is 2.16. The van der Waals surface area contributed by atoms with Gasteiger partial charge in [0, 0.05) is 5.56 Å². The van der Waals surface area contributed by atoms with E-state index in [9.17, 15) is 23.1 Å². The zero-order chi connectivity index (χ0) is 17.0. The van der Waals surface area contributed by atoms with Crippen LogP contribution in [0, 0.1) is 0 Å². The number of aromatic hydroxyl groups is 1. The van der Waals surface area contributed by atoms with Crippen LogP contribution in [0.3, 0.4) is 0 Å². The molecule has 0 fully saturated rings. The predicted octanol–water partition coefficient (Wildman–Crippen LogP) is 1.32. The Labute approximate surface area is 133 Å². The van der Waals surface area contributed by atoms with Crippen LogP contribution in [0.5, 0.6) is 5.75 Å². The summed E-state index contributed by atoms with van der Waals surface area (Å²) in [5.74, 6) is -0.970. The predicted molar refractivity (Wildman–Crippen MR) is 84.2 cm³/mol. The van der Waals surface area contributed by atoms with Gasteiger partial charge in [0.25, 0.3) is 0 Å². The van der Waals surface area contributed by atoms with Gasteiger partial charge >= 0.3 is 0 Å². The number of nitrogens with two attached hydrogens (primary N) is 1. The number of carbonyl (C=O) groups excluding carboxylic acids is 2. The standard InChI is InChI=1S/C16H15NO5S/c17-16(20)12-3-1-11(2-4-12)7-8-23(21,22)14-5-6-15(19)13(9-14)10-18/h1-6,9-10,19H,7-8H2,(H2,17,20). The molecule has 0 aliphatic rings. The van der Waals surface area contributed by atoms with E-state index in [0.29, 0.717) is 11.8 Å². The lowest BCUT2D eigenvalue weighted by molar-refractivity contribution is 0.0999. The Balaban J connectivity index is 2.15. The van der Waals surface area contributed by atoms with Crippen LogP contribution >= 0.6 is 0 Å². The molecular formula is C16H15NO5S. The average Bonchev–Trinajstić information content (AvgIpc) is 2.53. The fourth-order valence-electron chi connectivity index (χ4n) is 2.03. The minimum absolute atomic E-state index is 0.0221. The Morgan fingerprint density at radius 1 is 1.13 bits per heavy atom. The van der Waals surface area contributed by atoms with Gasteiger partial charge in [-0.3, -0.25) is 9.59 Å². The SMILES string of the molecule is NC(=O)c1ccc(CCS(=O)(=O)c2ccc(O)c(C=O)c2)cc1. The van der Waals surface area contributed by atoms with Gasteiger partial charge in [-0.2, -0.15) is 0 Å². The van der Waals surface area contributed by atoms with Crippen LogP contribution in [0.1, 0.15) is 26.3 Å². The van der Waals surface area contributed by atoms with E-state index in [1.165, 1.54) is 24.3 Å². The number of carbonyl (C=O) groups is 2. The fraction of sp³-hybridized carbons (Fsp3) is 0.125. The van der Waals surface area contributed by atoms with Crippen molar-refractivity contribution in [3.63, 3.8) is 0 Å². The molecule has 0 saturated carbocycles. The molecule has 2 aromatic carbocycles. The summed E-state index contributed by atoms with van der Waals surface area (Å²) in [6.45, 7) is 0. The Morgan fingerprint density at radius 3 is 2.35 bits per heavy atom. The first-order valence-corrected chi connectivity index (χ1v) is 8.38. The zero-order valence-electron chi connectivity index (χ0n) is 12.1. The quantitative estimate of drug-likeness (QED) is 0.774. The lowest BCUT2D eigenvalue weighted by Crippen LogP contribution is -2.12. The number of primary amides is 1. The van der Waals surface area contributed by atoms with Gasteiger partial charge in [-0.25, -0.2) is 8.42 Å². The molecule has 120 valence electrons. The molecule has 0 aliphatic heterocycles. The van der Waals surface area contributed by atoms with Gasteiger partial charge in [0.15, 0.2) is 16.1 Å². The number of phenolic OH excluding ortho intramolecular Hbond substituents is 1. The van der Waals surface area contributed by atoms with Gasteiger partial charge in [0.1, 0.15) is 5.75 Å². The summed E-state index contributed by atoms with van der Waals surface area (Å²) in [5, 5.41) is 9.42. The van der Waals surface area contributed by atoms with E-state index in [-0.39, 0.29) is 28.4 Å². The van der Waals surface area contributed by atoms with Gasteiger partial charge in [-0.15, -0.1) is 0 Å². The molecule has 7 heteroatoms. The molecule has 6 nitrogen and oxygen atoms in total. The Hall–Kier alpha value is -2.67. The van der Waals surface area contributed by atoms with E-state index in [0.717, 1.165) is 11.6 Å². The van der Waals surface area contributed by atoms with E-state index in [2.05, 4.69) is 0 Å². The Bertz CT molecular complexity index is 841. The van der Waals surface area contributed by atoms with Gasteiger partial charge < -0.3 is 10.8 Å². The summed E-state index contributed by atoms with van der Waals surface area (Å²) >= 11 is 0. The van der Waals surface area contributed by atoms with Gasteiger partial charge in [-0.1, -0.05) is 12.1 Å². The molecule has 2 aromatic rings. The minimum Gasteiger partial charge on any atom is -0.507 e. The highest BCUT2D eigenvalue weighted by atomic mass is 32.2. The number of aryl methyl sites for hydroxylation is 1. The van der Waals surface area contributed by atoms with Crippen molar-refractivity contribution in [2.75, 3.05) is 5.75 Å². The van der Waals surface area contributed by atoms with Crippen LogP contribution in [0.15, 0.2) is 47.4 Å². The highest BCUT2D eigenvalue weighted by Crippen LogP contribution is 2.21. The maximum absolute atomic E-state index is 12.3. The van der Waals surface area contributed by atoms with Crippen molar-refractivity contribution in [2.24, 2.45) is 5.73 Å². The lowest BCUT2D eigenvalue weighted by atomic mass is 10.1. The van der Waals surface area contributed by atoms with Crippen molar-refractivity contribution in [2.45, 2.75) is 11.3 Å². The Morgan fingerprint density at radius 2 is 1.78 bits per heavy atom. The van der Waals surface area contributed by atoms with Gasteiger partial charge in [0.2, 0.25) is 5.91 Å². The number of phenols is 1. The Kier molecular flexibility index (Phi) is 4.80. The molecule has 23 heavy (non-hydrogen) atoms. The first kappa shape index (κ1) is 16.7. The zero-order valence-corrected chi connectivity index (χ0v) is 12.9. The van der Waals surface area contributed by atoms with E-state index in [1.807, 2.05) is 0 Å². The van der Waals surface area contributed by atoms with Crippen molar-refractivity contribution in [1.82, 2.24) is 0 Å². The average molecular weight is 333 g/mol. The van der Waals surface area contributed by atoms with Crippen LogP contribution in [0.2, 0.25) is 0 Å². The molecule has 0 saturated heterocycles. The molecule has 3 N–H and O–H groups in total. The van der Waals surface area contributed by atoms with E-state index < -0.39 is 15.7 Å². The van der Waals surface area contributed by atoms with Crippen molar-refractivity contribution in [3.05, 3.63) is 59.2 Å². The third kappa shape index (κ3) is 3.95. The normalized spacial score (nSPS) is 11.1. The largest absolute Gasteiger partial charge is 0.507 e. The van der Waals surface area contributed by atoms with Crippen LogP contribution in [0.25, 0.3) is 0 Å². The molecule has 0 unspecified atom stereocenters. The summed E-state index contributed by atoms with van der Waals surface area (Å²) < 4.78 is 24.6. The maximum atomic E-state index is 12.3. The molecule has 2 rings (SSSR count). The van der Waals surface area contributed by atoms with Crippen LogP contribution < -0.4 is 5.73 Å². The van der Waals surface area contributed by atoms with E-state index >= 15 is 0 Å². The van der Waals surface area contributed by atoms with E-state index in [4.69, 9.17) is 5.73 Å². The number of hydrogen-bond acceptors (Lipinski definition) is 5. The van der Waals surface area contributed by atoms with E-state index in [1.54, 1.807) is 12.1 Å². The van der Waals surface area contributed by atoms with Crippen LogP contribution in [0.4, 0.5) is 0 Å². The van der Waals surface area contributed by atoms with Crippen LogP contribution in [-0.4, -0.2) is 31.5 Å². The van der Waals surface area contributed by atoms with Crippen molar-refractivity contribution in [1.29, 1.82) is 0 Å². The highest BCUT2D eigenvalue weighted by molar-refractivity contribution is 7.91. The van der Waals surface area contributed by atoms with Gasteiger partial charge in [0.05, 0.1) is 16.2 Å². The summed E-state index contributed by atoms with van der Waals surface area (Å²) in [6.07, 6.45) is 0.648. The minimum atomic E-state index is -3.60. The summed E-state index contributed by atoms with van der Waals surface area (Å²) in [4.78, 5) is 21.7. The summed E-state index contributed by atoms with van der Waals surface area (Å²) in [5.41, 5.74) is 6.16. The molecule has 1 amide bonds. The monoisotopic (exact) mass is 333 g/mol. The van der Waals surface area contributed by atoms with Crippen molar-refractivity contribution in [3.8, 4) is 5.75 Å². The molecule has 0 bridgehead atoms. The molecule has 0 aliphatic carbocycles. The molecule has 0 heterocycles. The molecule has 0 aromatic heterocycles. The van der Waals surface area contributed by atoms with Crippen LogP contribution in [-0.2, 0) is 16.3 Å². The number of amides is 1. The number of hydrogen-bond donors (Lipinski definition) is 2.